The van der Waals surface area contributed by atoms with Crippen LogP contribution in [-0.4, -0.2) is 53.7 Å². The molecule has 0 bridgehead atoms. The quantitative estimate of drug-likeness (QED) is 0.638. The number of benzene rings is 1. The molecule has 3 N–H and O–H groups in total. The summed E-state index contributed by atoms with van der Waals surface area (Å²) < 4.78 is 0. The lowest BCUT2D eigenvalue weighted by molar-refractivity contribution is -0.159. The van der Waals surface area contributed by atoms with Gasteiger partial charge in [-0.3, -0.25) is 0 Å². The lowest BCUT2D eigenvalue weighted by Gasteiger charge is -2.31. The van der Waals surface area contributed by atoms with E-state index in [0.717, 1.165) is 19.6 Å². The first-order valence-corrected chi connectivity index (χ1v) is 5.93. The van der Waals surface area contributed by atoms with E-state index in [1.165, 1.54) is 5.56 Å². The number of carboxylic acids is 2. The third kappa shape index (κ3) is 5.50. The Bertz CT molecular complexity index is 410. The lowest BCUT2D eigenvalue weighted by atomic mass is 10.1. The normalized spacial score (nSPS) is 19.1. The highest BCUT2D eigenvalue weighted by molar-refractivity contribution is 6.27. The Morgan fingerprint density at radius 3 is 2.26 bits per heavy atom. The minimum Gasteiger partial charge on any atom is -0.473 e. The number of aliphatic carboxylic acids is 2. The summed E-state index contributed by atoms with van der Waals surface area (Å²) >= 11 is 0. The van der Waals surface area contributed by atoms with Crippen molar-refractivity contribution in [2.24, 2.45) is 0 Å². The minimum absolute atomic E-state index is 0.514. The first-order valence-electron chi connectivity index (χ1n) is 5.93. The van der Waals surface area contributed by atoms with Gasteiger partial charge >= 0.3 is 11.9 Å². The Kier molecular flexibility index (Phi) is 5.98. The summed E-state index contributed by atoms with van der Waals surface area (Å²) in [6.45, 7) is 3.36. The van der Waals surface area contributed by atoms with Crippen LogP contribution >= 0.6 is 0 Å². The maximum absolute atomic E-state index is 9.10. The minimum atomic E-state index is -1.82. The standard InChI is InChI=1S/C11H16N2.C2H2O4/c1-13-8-7-12-11(9-13)10-5-3-2-4-6-10;3-1(4)2(5)6/h2-6,11-12H,7-9H2,1H3;(H,3,4)(H,5,6)/t11-;/m1./s1. The molecule has 6 heteroatoms. The maximum atomic E-state index is 9.10. The number of rotatable bonds is 1. The van der Waals surface area contributed by atoms with Crippen LogP contribution in [0, 0.1) is 0 Å². The number of nitrogens with zero attached hydrogens (tertiary/aromatic N) is 1. The van der Waals surface area contributed by atoms with Crippen LogP contribution < -0.4 is 5.32 Å². The molecule has 19 heavy (non-hydrogen) atoms. The SMILES string of the molecule is CN1CCN[C@@H](c2ccccc2)C1.O=C(O)C(=O)O. The number of nitrogens with one attached hydrogen (secondary N) is 1. The van der Waals surface area contributed by atoms with Gasteiger partial charge in [0.2, 0.25) is 0 Å². The van der Waals surface area contributed by atoms with Gasteiger partial charge in [-0.2, -0.15) is 0 Å². The van der Waals surface area contributed by atoms with E-state index in [-0.39, 0.29) is 0 Å². The zero-order valence-electron chi connectivity index (χ0n) is 10.7. The molecule has 0 unspecified atom stereocenters. The molecule has 0 aliphatic carbocycles. The van der Waals surface area contributed by atoms with Crippen molar-refractivity contribution in [2.75, 3.05) is 26.7 Å². The van der Waals surface area contributed by atoms with Gasteiger partial charge < -0.3 is 20.4 Å². The Hall–Kier alpha value is -1.92. The van der Waals surface area contributed by atoms with Crippen molar-refractivity contribution in [3.63, 3.8) is 0 Å². The number of carbonyl (C=O) groups is 2. The van der Waals surface area contributed by atoms with E-state index in [1.807, 2.05) is 0 Å². The van der Waals surface area contributed by atoms with Gasteiger partial charge in [-0.25, -0.2) is 9.59 Å². The van der Waals surface area contributed by atoms with Crippen molar-refractivity contribution in [2.45, 2.75) is 6.04 Å². The van der Waals surface area contributed by atoms with E-state index in [2.05, 4.69) is 47.6 Å². The Morgan fingerprint density at radius 2 is 1.79 bits per heavy atom. The molecule has 0 saturated carbocycles. The molecule has 0 radical (unpaired) electrons. The first-order chi connectivity index (χ1) is 9.00. The second-order valence-electron chi connectivity index (χ2n) is 4.29. The second-order valence-corrected chi connectivity index (χ2v) is 4.29. The van der Waals surface area contributed by atoms with Gasteiger partial charge in [0.1, 0.15) is 0 Å². The molecule has 1 aromatic carbocycles. The van der Waals surface area contributed by atoms with Crippen LogP contribution in [0.15, 0.2) is 30.3 Å². The van der Waals surface area contributed by atoms with E-state index in [0.29, 0.717) is 6.04 Å². The molecule has 2 rings (SSSR count). The van der Waals surface area contributed by atoms with Crippen LogP contribution in [0.3, 0.4) is 0 Å². The smallest absolute Gasteiger partial charge is 0.414 e. The van der Waals surface area contributed by atoms with Gasteiger partial charge in [-0.15, -0.1) is 0 Å². The van der Waals surface area contributed by atoms with Crippen molar-refractivity contribution in [3.8, 4) is 0 Å². The fourth-order valence-corrected chi connectivity index (χ4v) is 1.81. The molecule has 1 aliphatic rings. The van der Waals surface area contributed by atoms with Crippen LogP contribution in [-0.2, 0) is 9.59 Å². The molecule has 1 aliphatic heterocycles. The monoisotopic (exact) mass is 266 g/mol. The molecule has 1 fully saturated rings. The summed E-state index contributed by atoms with van der Waals surface area (Å²) in [7, 11) is 2.18. The van der Waals surface area contributed by atoms with Gasteiger partial charge in [0.25, 0.3) is 0 Å². The molecule has 0 spiro atoms. The fraction of sp³-hybridized carbons (Fsp3) is 0.385. The van der Waals surface area contributed by atoms with Gasteiger partial charge in [0.15, 0.2) is 0 Å². The highest BCUT2D eigenvalue weighted by Crippen LogP contribution is 2.15. The molecular formula is C13H18N2O4. The van der Waals surface area contributed by atoms with E-state index in [9.17, 15) is 0 Å². The molecule has 1 heterocycles. The molecule has 1 saturated heterocycles. The van der Waals surface area contributed by atoms with Gasteiger partial charge in [-0.05, 0) is 12.6 Å². The molecule has 104 valence electrons. The van der Waals surface area contributed by atoms with Crippen LogP contribution in [0.1, 0.15) is 11.6 Å². The summed E-state index contributed by atoms with van der Waals surface area (Å²) in [5.41, 5.74) is 1.40. The summed E-state index contributed by atoms with van der Waals surface area (Å²) in [4.78, 5) is 20.6. The molecule has 6 nitrogen and oxygen atoms in total. The van der Waals surface area contributed by atoms with Crippen molar-refractivity contribution in [1.82, 2.24) is 10.2 Å². The summed E-state index contributed by atoms with van der Waals surface area (Å²) in [6, 6.07) is 11.2. The summed E-state index contributed by atoms with van der Waals surface area (Å²) in [5.74, 6) is -3.65. The average Bonchev–Trinajstić information content (AvgIpc) is 2.40. The summed E-state index contributed by atoms with van der Waals surface area (Å²) in [5, 5.41) is 18.3. The second kappa shape index (κ2) is 7.50. The number of likely N-dealkylation sites (N-methyl/N-ethyl adjacent to an activating group) is 1. The van der Waals surface area contributed by atoms with Gasteiger partial charge in [0.05, 0.1) is 0 Å². The van der Waals surface area contributed by atoms with Gasteiger partial charge in [-0.1, -0.05) is 30.3 Å². The van der Waals surface area contributed by atoms with Crippen LogP contribution in [0.4, 0.5) is 0 Å². The van der Waals surface area contributed by atoms with E-state index >= 15 is 0 Å². The predicted molar refractivity (Wildman–Crippen MR) is 70.0 cm³/mol. The third-order valence-corrected chi connectivity index (χ3v) is 2.76. The Labute approximate surface area is 111 Å². The topological polar surface area (TPSA) is 89.9 Å². The van der Waals surface area contributed by atoms with Crippen LogP contribution in [0.25, 0.3) is 0 Å². The molecule has 1 atom stereocenters. The molecule has 0 aromatic heterocycles. The maximum Gasteiger partial charge on any atom is 0.414 e. The number of piperazine rings is 1. The Balaban J connectivity index is 0.000000258. The fourth-order valence-electron chi connectivity index (χ4n) is 1.81. The zero-order chi connectivity index (χ0) is 14.3. The molecule has 0 amide bonds. The van der Waals surface area contributed by atoms with Crippen molar-refractivity contribution < 1.29 is 19.8 Å². The highest BCUT2D eigenvalue weighted by Gasteiger charge is 2.17. The van der Waals surface area contributed by atoms with Crippen LogP contribution in [0.2, 0.25) is 0 Å². The number of hydrogen-bond acceptors (Lipinski definition) is 4. The van der Waals surface area contributed by atoms with E-state index in [4.69, 9.17) is 19.8 Å². The lowest BCUT2D eigenvalue weighted by Crippen LogP contribution is -2.43. The van der Waals surface area contributed by atoms with Crippen molar-refractivity contribution in [3.05, 3.63) is 35.9 Å². The van der Waals surface area contributed by atoms with Crippen LogP contribution in [0.5, 0.6) is 0 Å². The number of carboxylic acid groups (broad SMARTS) is 2. The zero-order valence-corrected chi connectivity index (χ0v) is 10.7. The first kappa shape index (κ1) is 15.1. The predicted octanol–water partition coefficient (Wildman–Crippen LogP) is 0.418. The van der Waals surface area contributed by atoms with Crippen molar-refractivity contribution >= 4 is 11.9 Å². The largest absolute Gasteiger partial charge is 0.473 e. The van der Waals surface area contributed by atoms with Gasteiger partial charge in [0, 0.05) is 25.7 Å². The number of hydrogen-bond donors (Lipinski definition) is 3. The molecular weight excluding hydrogens is 248 g/mol. The van der Waals surface area contributed by atoms with E-state index < -0.39 is 11.9 Å². The average molecular weight is 266 g/mol. The van der Waals surface area contributed by atoms with E-state index in [1.54, 1.807) is 0 Å². The summed E-state index contributed by atoms with van der Waals surface area (Å²) in [6.07, 6.45) is 0. The molecule has 1 aromatic rings. The highest BCUT2D eigenvalue weighted by atomic mass is 16.4. The van der Waals surface area contributed by atoms with Crippen molar-refractivity contribution in [1.29, 1.82) is 0 Å². The third-order valence-electron chi connectivity index (χ3n) is 2.76. The Morgan fingerprint density at radius 1 is 1.21 bits per heavy atom.